The molecular formula is C20H27N3O3. The summed E-state index contributed by atoms with van der Waals surface area (Å²) in [6, 6.07) is 7.45. The van der Waals surface area contributed by atoms with E-state index < -0.39 is 6.04 Å². The number of rotatable bonds is 4. The topological polar surface area (TPSA) is 69.7 Å². The number of carbonyl (C=O) groups excluding carboxylic acids is 3. The maximum Gasteiger partial charge on any atom is 0.253 e. The number of benzene rings is 1. The van der Waals surface area contributed by atoms with Gasteiger partial charge in [0.15, 0.2) is 0 Å². The molecule has 2 saturated heterocycles. The average Bonchev–Trinajstić information content (AvgIpc) is 2.93. The van der Waals surface area contributed by atoms with Crippen molar-refractivity contribution < 1.29 is 14.4 Å². The Morgan fingerprint density at radius 3 is 2.42 bits per heavy atom. The number of hydrogen-bond donors (Lipinski definition) is 1. The van der Waals surface area contributed by atoms with E-state index in [-0.39, 0.29) is 17.7 Å². The van der Waals surface area contributed by atoms with Crippen LogP contribution in [0.1, 0.15) is 48.5 Å². The van der Waals surface area contributed by atoms with Crippen molar-refractivity contribution in [2.75, 3.05) is 26.2 Å². The SMILES string of the molecule is CCCc1ccc(C(=O)N2CCCN(C(=O)C3CCC(=O)N3)CC2)cc1. The highest BCUT2D eigenvalue weighted by Gasteiger charge is 2.32. The molecule has 1 aromatic rings. The van der Waals surface area contributed by atoms with Gasteiger partial charge in [-0.1, -0.05) is 25.5 Å². The summed E-state index contributed by atoms with van der Waals surface area (Å²) >= 11 is 0. The lowest BCUT2D eigenvalue weighted by atomic mass is 10.1. The third-order valence-corrected chi connectivity index (χ3v) is 5.13. The van der Waals surface area contributed by atoms with Gasteiger partial charge < -0.3 is 15.1 Å². The van der Waals surface area contributed by atoms with Gasteiger partial charge in [-0.15, -0.1) is 0 Å². The van der Waals surface area contributed by atoms with Crippen LogP contribution in [0.25, 0.3) is 0 Å². The number of hydrogen-bond acceptors (Lipinski definition) is 3. The first-order chi connectivity index (χ1) is 12.6. The minimum Gasteiger partial charge on any atom is -0.344 e. The third kappa shape index (κ3) is 4.23. The van der Waals surface area contributed by atoms with Gasteiger partial charge in [0.1, 0.15) is 6.04 Å². The maximum atomic E-state index is 12.8. The summed E-state index contributed by atoms with van der Waals surface area (Å²) in [5.74, 6) is -0.0490. The van der Waals surface area contributed by atoms with Gasteiger partial charge in [-0.05, 0) is 37.0 Å². The minimum absolute atomic E-state index is 0.0194. The maximum absolute atomic E-state index is 12.8. The van der Waals surface area contributed by atoms with Crippen LogP contribution in [0.15, 0.2) is 24.3 Å². The fourth-order valence-electron chi connectivity index (χ4n) is 3.65. The quantitative estimate of drug-likeness (QED) is 0.890. The summed E-state index contributed by atoms with van der Waals surface area (Å²) in [7, 11) is 0. The fourth-order valence-corrected chi connectivity index (χ4v) is 3.65. The molecule has 0 radical (unpaired) electrons. The Morgan fingerprint density at radius 2 is 1.77 bits per heavy atom. The highest BCUT2D eigenvalue weighted by molar-refractivity contribution is 5.94. The van der Waals surface area contributed by atoms with Gasteiger partial charge >= 0.3 is 0 Å². The van der Waals surface area contributed by atoms with Crippen LogP contribution in [0.3, 0.4) is 0 Å². The molecule has 6 heteroatoms. The first-order valence-electron chi connectivity index (χ1n) is 9.55. The lowest BCUT2D eigenvalue weighted by Crippen LogP contribution is -2.46. The molecule has 1 aromatic carbocycles. The molecule has 1 atom stereocenters. The summed E-state index contributed by atoms with van der Waals surface area (Å²) in [5.41, 5.74) is 1.95. The Bertz CT molecular complexity index is 671. The lowest BCUT2D eigenvalue weighted by molar-refractivity contribution is -0.134. The van der Waals surface area contributed by atoms with Crippen LogP contribution in [0.5, 0.6) is 0 Å². The fraction of sp³-hybridized carbons (Fsp3) is 0.550. The first kappa shape index (κ1) is 18.4. The molecule has 0 spiro atoms. The highest BCUT2D eigenvalue weighted by atomic mass is 16.2. The molecule has 0 aliphatic carbocycles. The number of carbonyl (C=O) groups is 3. The molecule has 0 aromatic heterocycles. The smallest absolute Gasteiger partial charge is 0.253 e. The zero-order valence-corrected chi connectivity index (χ0v) is 15.4. The molecule has 0 saturated carbocycles. The Kier molecular flexibility index (Phi) is 5.91. The molecule has 3 amide bonds. The van der Waals surface area contributed by atoms with Crippen molar-refractivity contribution in [2.45, 2.75) is 45.1 Å². The Labute approximate surface area is 154 Å². The molecule has 2 aliphatic rings. The van der Waals surface area contributed by atoms with Crippen molar-refractivity contribution in [3.05, 3.63) is 35.4 Å². The van der Waals surface area contributed by atoms with Crippen molar-refractivity contribution in [3.8, 4) is 0 Å². The van der Waals surface area contributed by atoms with Gasteiger partial charge in [0, 0.05) is 38.2 Å². The Hall–Kier alpha value is -2.37. The summed E-state index contributed by atoms with van der Waals surface area (Å²) < 4.78 is 0. The van der Waals surface area contributed by atoms with Crippen molar-refractivity contribution in [2.24, 2.45) is 0 Å². The van der Waals surface area contributed by atoms with Crippen molar-refractivity contribution in [1.29, 1.82) is 0 Å². The molecule has 2 fully saturated rings. The molecule has 2 aliphatic heterocycles. The normalized spacial score (nSPS) is 20.7. The van der Waals surface area contributed by atoms with E-state index in [1.54, 1.807) is 4.90 Å². The monoisotopic (exact) mass is 357 g/mol. The van der Waals surface area contributed by atoms with E-state index in [9.17, 15) is 14.4 Å². The molecule has 1 N–H and O–H groups in total. The highest BCUT2D eigenvalue weighted by Crippen LogP contribution is 2.14. The number of nitrogens with one attached hydrogen (secondary N) is 1. The van der Waals surface area contributed by atoms with Crippen LogP contribution < -0.4 is 5.32 Å². The lowest BCUT2D eigenvalue weighted by Gasteiger charge is -2.24. The van der Waals surface area contributed by atoms with E-state index >= 15 is 0 Å². The second kappa shape index (κ2) is 8.34. The van der Waals surface area contributed by atoms with Gasteiger partial charge in [0.05, 0.1) is 0 Å². The van der Waals surface area contributed by atoms with Crippen LogP contribution in [0.2, 0.25) is 0 Å². The molecule has 0 bridgehead atoms. The van der Waals surface area contributed by atoms with E-state index in [1.807, 2.05) is 29.2 Å². The second-order valence-electron chi connectivity index (χ2n) is 7.08. The number of nitrogens with zero attached hydrogens (tertiary/aromatic N) is 2. The van der Waals surface area contributed by atoms with Crippen molar-refractivity contribution in [1.82, 2.24) is 15.1 Å². The van der Waals surface area contributed by atoms with E-state index in [4.69, 9.17) is 0 Å². The second-order valence-corrected chi connectivity index (χ2v) is 7.08. The average molecular weight is 357 g/mol. The molecule has 6 nitrogen and oxygen atoms in total. The largest absolute Gasteiger partial charge is 0.344 e. The van der Waals surface area contributed by atoms with Gasteiger partial charge in [0.2, 0.25) is 11.8 Å². The zero-order chi connectivity index (χ0) is 18.5. The molecule has 140 valence electrons. The van der Waals surface area contributed by atoms with Crippen LogP contribution in [-0.2, 0) is 16.0 Å². The molecule has 26 heavy (non-hydrogen) atoms. The summed E-state index contributed by atoms with van der Waals surface area (Å²) in [4.78, 5) is 40.3. The van der Waals surface area contributed by atoms with E-state index in [0.29, 0.717) is 44.6 Å². The molecule has 1 unspecified atom stereocenters. The van der Waals surface area contributed by atoms with Crippen LogP contribution in [-0.4, -0.2) is 59.7 Å². The van der Waals surface area contributed by atoms with Gasteiger partial charge in [0.25, 0.3) is 5.91 Å². The van der Waals surface area contributed by atoms with Crippen LogP contribution >= 0.6 is 0 Å². The molecular weight excluding hydrogens is 330 g/mol. The van der Waals surface area contributed by atoms with Gasteiger partial charge in [-0.2, -0.15) is 0 Å². The van der Waals surface area contributed by atoms with Gasteiger partial charge in [-0.25, -0.2) is 0 Å². The Morgan fingerprint density at radius 1 is 1.08 bits per heavy atom. The third-order valence-electron chi connectivity index (χ3n) is 5.13. The van der Waals surface area contributed by atoms with E-state index in [1.165, 1.54) is 5.56 Å². The molecule has 2 heterocycles. The van der Waals surface area contributed by atoms with Gasteiger partial charge in [-0.3, -0.25) is 14.4 Å². The predicted molar refractivity (Wildman–Crippen MR) is 98.7 cm³/mol. The van der Waals surface area contributed by atoms with Crippen molar-refractivity contribution >= 4 is 17.7 Å². The standard InChI is InChI=1S/C20H27N3O3/c1-2-4-15-5-7-16(8-6-15)19(25)22-11-3-12-23(14-13-22)20(26)17-9-10-18(24)21-17/h5-8,17H,2-4,9-14H2,1H3,(H,21,24). The van der Waals surface area contributed by atoms with Crippen LogP contribution in [0.4, 0.5) is 0 Å². The zero-order valence-electron chi connectivity index (χ0n) is 15.4. The number of amides is 3. The van der Waals surface area contributed by atoms with Crippen LogP contribution in [0, 0.1) is 0 Å². The Balaban J connectivity index is 1.58. The minimum atomic E-state index is -0.393. The number of aryl methyl sites for hydroxylation is 1. The predicted octanol–water partition coefficient (Wildman–Crippen LogP) is 1.59. The summed E-state index contributed by atoms with van der Waals surface area (Å²) in [6.07, 6.45) is 3.85. The first-order valence-corrected chi connectivity index (χ1v) is 9.55. The van der Waals surface area contributed by atoms with E-state index in [2.05, 4.69) is 12.2 Å². The summed E-state index contributed by atoms with van der Waals surface area (Å²) in [6.45, 7) is 4.47. The van der Waals surface area contributed by atoms with E-state index in [0.717, 1.165) is 19.3 Å². The van der Waals surface area contributed by atoms with Crippen molar-refractivity contribution in [3.63, 3.8) is 0 Å². The summed E-state index contributed by atoms with van der Waals surface area (Å²) in [5, 5.41) is 2.74. The molecule has 3 rings (SSSR count).